The molecule has 0 saturated heterocycles. The number of Topliss-reactive ketones (excluding diaryl/α,β-unsaturated/α-hetero) is 1. The first-order valence-corrected chi connectivity index (χ1v) is 6.35. The van der Waals surface area contributed by atoms with E-state index in [9.17, 15) is 9.59 Å². The molecule has 0 aliphatic heterocycles. The standard InChI is InChI=1S/C15H12ClNO3/c1-10(18)20-14-5-3-2-4-11(14)8-13(19)12-6-7-15(16)17-9-12/h2-7,9H,8H2,1H3. The van der Waals surface area contributed by atoms with Crippen LogP contribution in [0.25, 0.3) is 0 Å². The fourth-order valence-corrected chi connectivity index (χ4v) is 1.83. The van der Waals surface area contributed by atoms with Crippen LogP contribution in [0.3, 0.4) is 0 Å². The van der Waals surface area contributed by atoms with Crippen molar-refractivity contribution in [1.82, 2.24) is 4.98 Å². The zero-order chi connectivity index (χ0) is 14.5. The molecule has 0 atom stereocenters. The van der Waals surface area contributed by atoms with Gasteiger partial charge in [-0.15, -0.1) is 0 Å². The number of hydrogen-bond donors (Lipinski definition) is 0. The van der Waals surface area contributed by atoms with E-state index in [0.29, 0.717) is 22.0 Å². The maximum atomic E-state index is 12.1. The minimum Gasteiger partial charge on any atom is -0.426 e. The summed E-state index contributed by atoms with van der Waals surface area (Å²) >= 11 is 5.68. The van der Waals surface area contributed by atoms with Crippen LogP contribution < -0.4 is 4.74 Å². The van der Waals surface area contributed by atoms with Crippen molar-refractivity contribution in [3.05, 3.63) is 58.9 Å². The molecule has 20 heavy (non-hydrogen) atoms. The zero-order valence-corrected chi connectivity index (χ0v) is 11.6. The van der Waals surface area contributed by atoms with Gasteiger partial charge in [-0.3, -0.25) is 9.59 Å². The van der Waals surface area contributed by atoms with Gasteiger partial charge in [0.05, 0.1) is 0 Å². The van der Waals surface area contributed by atoms with Crippen molar-refractivity contribution in [3.63, 3.8) is 0 Å². The summed E-state index contributed by atoms with van der Waals surface area (Å²) in [5.74, 6) is -0.137. The number of esters is 1. The number of carbonyl (C=O) groups is 2. The number of halogens is 1. The van der Waals surface area contributed by atoms with Crippen LogP contribution in [0.1, 0.15) is 22.8 Å². The minimum atomic E-state index is -0.418. The molecule has 5 heteroatoms. The molecule has 0 aliphatic carbocycles. The minimum absolute atomic E-state index is 0.117. The van der Waals surface area contributed by atoms with Crippen molar-refractivity contribution in [2.45, 2.75) is 13.3 Å². The lowest BCUT2D eigenvalue weighted by atomic mass is 10.0. The Morgan fingerprint density at radius 1 is 1.20 bits per heavy atom. The molecule has 1 aromatic carbocycles. The number of aromatic nitrogens is 1. The van der Waals surface area contributed by atoms with E-state index in [0.717, 1.165) is 0 Å². The highest BCUT2D eigenvalue weighted by molar-refractivity contribution is 6.29. The summed E-state index contributed by atoms with van der Waals surface area (Å²) in [4.78, 5) is 27.0. The number of rotatable bonds is 4. The quantitative estimate of drug-likeness (QED) is 0.376. The van der Waals surface area contributed by atoms with Gasteiger partial charge in [-0.1, -0.05) is 29.8 Å². The number of ketones is 1. The average Bonchev–Trinajstić information content (AvgIpc) is 2.41. The molecule has 0 aliphatic rings. The Morgan fingerprint density at radius 3 is 2.60 bits per heavy atom. The Morgan fingerprint density at radius 2 is 1.95 bits per heavy atom. The van der Waals surface area contributed by atoms with Crippen molar-refractivity contribution < 1.29 is 14.3 Å². The van der Waals surface area contributed by atoms with E-state index in [1.165, 1.54) is 13.1 Å². The zero-order valence-electron chi connectivity index (χ0n) is 10.8. The van der Waals surface area contributed by atoms with Gasteiger partial charge in [0.15, 0.2) is 5.78 Å². The highest BCUT2D eigenvalue weighted by Gasteiger charge is 2.12. The van der Waals surface area contributed by atoms with E-state index >= 15 is 0 Å². The van der Waals surface area contributed by atoms with Gasteiger partial charge in [0.1, 0.15) is 10.9 Å². The number of benzene rings is 1. The SMILES string of the molecule is CC(=O)Oc1ccccc1CC(=O)c1ccc(Cl)nc1. The lowest BCUT2D eigenvalue weighted by Crippen LogP contribution is -2.08. The van der Waals surface area contributed by atoms with Gasteiger partial charge in [-0.05, 0) is 18.2 Å². The Balaban J connectivity index is 2.19. The molecule has 0 spiro atoms. The number of nitrogens with zero attached hydrogens (tertiary/aromatic N) is 1. The number of ether oxygens (including phenoxy) is 1. The smallest absolute Gasteiger partial charge is 0.308 e. The van der Waals surface area contributed by atoms with Gasteiger partial charge in [0.25, 0.3) is 0 Å². The Labute approximate surface area is 121 Å². The molecule has 0 amide bonds. The van der Waals surface area contributed by atoms with Crippen molar-refractivity contribution in [2.24, 2.45) is 0 Å². The van der Waals surface area contributed by atoms with E-state index in [-0.39, 0.29) is 12.2 Å². The van der Waals surface area contributed by atoms with Crippen LogP contribution in [-0.2, 0) is 11.2 Å². The van der Waals surface area contributed by atoms with Gasteiger partial charge < -0.3 is 4.74 Å². The summed E-state index contributed by atoms with van der Waals surface area (Å²) in [5, 5.41) is 0.335. The van der Waals surface area contributed by atoms with Gasteiger partial charge in [-0.25, -0.2) is 4.98 Å². The molecule has 0 bridgehead atoms. The second-order valence-electron chi connectivity index (χ2n) is 4.17. The number of pyridine rings is 1. The molecule has 0 unspecified atom stereocenters. The first kappa shape index (κ1) is 14.2. The van der Waals surface area contributed by atoms with Crippen LogP contribution in [-0.4, -0.2) is 16.7 Å². The van der Waals surface area contributed by atoms with Crippen LogP contribution in [0.2, 0.25) is 5.15 Å². The highest BCUT2D eigenvalue weighted by Crippen LogP contribution is 2.20. The molecule has 4 nitrogen and oxygen atoms in total. The molecule has 2 aromatic rings. The lowest BCUT2D eigenvalue weighted by Gasteiger charge is -2.08. The van der Waals surface area contributed by atoms with E-state index in [1.807, 2.05) is 0 Å². The van der Waals surface area contributed by atoms with Gasteiger partial charge in [0.2, 0.25) is 0 Å². The summed E-state index contributed by atoms with van der Waals surface area (Å²) in [6.45, 7) is 1.32. The molecule has 0 N–H and O–H groups in total. The fourth-order valence-electron chi connectivity index (χ4n) is 1.72. The second kappa shape index (κ2) is 6.30. The van der Waals surface area contributed by atoms with E-state index in [1.54, 1.807) is 36.4 Å². The van der Waals surface area contributed by atoms with Crippen LogP contribution in [0.5, 0.6) is 5.75 Å². The van der Waals surface area contributed by atoms with E-state index in [4.69, 9.17) is 16.3 Å². The molecule has 1 heterocycles. The summed E-state index contributed by atoms with van der Waals surface area (Å²) in [6, 6.07) is 10.1. The number of hydrogen-bond acceptors (Lipinski definition) is 4. The largest absolute Gasteiger partial charge is 0.426 e. The Hall–Kier alpha value is -2.20. The monoisotopic (exact) mass is 289 g/mol. The molecule has 102 valence electrons. The van der Waals surface area contributed by atoms with Crippen molar-refractivity contribution in [1.29, 1.82) is 0 Å². The highest BCUT2D eigenvalue weighted by atomic mass is 35.5. The molecular formula is C15H12ClNO3. The molecular weight excluding hydrogens is 278 g/mol. The van der Waals surface area contributed by atoms with E-state index < -0.39 is 5.97 Å². The topological polar surface area (TPSA) is 56.3 Å². The molecule has 0 saturated carbocycles. The van der Waals surface area contributed by atoms with Crippen LogP contribution >= 0.6 is 11.6 Å². The van der Waals surface area contributed by atoms with E-state index in [2.05, 4.69) is 4.98 Å². The molecule has 0 radical (unpaired) electrons. The first-order chi connectivity index (χ1) is 9.56. The predicted octanol–water partition coefficient (Wildman–Crippen LogP) is 3.09. The average molecular weight is 290 g/mol. The van der Waals surface area contributed by atoms with Crippen LogP contribution in [0, 0.1) is 0 Å². The summed E-state index contributed by atoms with van der Waals surface area (Å²) in [5.41, 5.74) is 1.12. The normalized spacial score (nSPS) is 10.1. The molecule has 2 rings (SSSR count). The van der Waals surface area contributed by atoms with Gasteiger partial charge >= 0.3 is 5.97 Å². The van der Waals surface area contributed by atoms with Gasteiger partial charge in [0, 0.05) is 30.7 Å². The maximum Gasteiger partial charge on any atom is 0.308 e. The van der Waals surface area contributed by atoms with Crippen LogP contribution in [0.4, 0.5) is 0 Å². The lowest BCUT2D eigenvalue weighted by molar-refractivity contribution is -0.131. The first-order valence-electron chi connectivity index (χ1n) is 5.97. The van der Waals surface area contributed by atoms with Gasteiger partial charge in [-0.2, -0.15) is 0 Å². The number of para-hydroxylation sites is 1. The molecule has 0 fully saturated rings. The third-order valence-corrected chi connectivity index (χ3v) is 2.85. The summed E-state index contributed by atoms with van der Waals surface area (Å²) < 4.78 is 5.07. The van der Waals surface area contributed by atoms with Crippen molar-refractivity contribution >= 4 is 23.4 Å². The molecule has 1 aromatic heterocycles. The maximum absolute atomic E-state index is 12.1. The van der Waals surface area contributed by atoms with Crippen LogP contribution in [0.15, 0.2) is 42.6 Å². The summed E-state index contributed by atoms with van der Waals surface area (Å²) in [6.07, 6.45) is 1.56. The second-order valence-corrected chi connectivity index (χ2v) is 4.56. The third kappa shape index (κ3) is 3.65. The summed E-state index contributed by atoms with van der Waals surface area (Å²) in [7, 11) is 0. The Bertz CT molecular complexity index is 638. The fraction of sp³-hybridized carbons (Fsp3) is 0.133. The van der Waals surface area contributed by atoms with Crippen molar-refractivity contribution in [3.8, 4) is 5.75 Å². The Kier molecular flexibility index (Phi) is 4.48. The number of carbonyl (C=O) groups excluding carboxylic acids is 2. The third-order valence-electron chi connectivity index (χ3n) is 2.63. The predicted molar refractivity (Wildman–Crippen MR) is 75.0 cm³/mol. The van der Waals surface area contributed by atoms with Crippen molar-refractivity contribution in [2.75, 3.05) is 0 Å².